The minimum Gasteiger partial charge on any atom is -0.502 e. The molecule has 2 N–H and O–H groups in total. The number of benzene rings is 2. The van der Waals surface area contributed by atoms with E-state index in [1.165, 1.54) is 31.6 Å². The van der Waals surface area contributed by atoms with E-state index >= 15 is 0 Å². The molecule has 5 nitrogen and oxygen atoms in total. The number of phenols is 1. The van der Waals surface area contributed by atoms with Crippen molar-refractivity contribution >= 4 is 22.9 Å². The minimum atomic E-state index is -0.340. The van der Waals surface area contributed by atoms with Crippen molar-refractivity contribution in [1.82, 2.24) is 0 Å². The van der Waals surface area contributed by atoms with Gasteiger partial charge in [-0.1, -0.05) is 18.2 Å². The molecule has 2 aromatic carbocycles. The zero-order valence-electron chi connectivity index (χ0n) is 15.3. The number of rotatable bonds is 4. The van der Waals surface area contributed by atoms with E-state index in [2.05, 4.69) is 5.32 Å². The second kappa shape index (κ2) is 7.16. The molecule has 0 spiro atoms. The molecule has 1 amide bonds. The van der Waals surface area contributed by atoms with Gasteiger partial charge in [-0.05, 0) is 23.8 Å². The second-order valence-corrected chi connectivity index (χ2v) is 7.36. The lowest BCUT2D eigenvalue weighted by molar-refractivity contribution is -0.116. The molecule has 1 atom stereocenters. The Morgan fingerprint density at radius 1 is 1.14 bits per heavy atom. The summed E-state index contributed by atoms with van der Waals surface area (Å²) in [6, 6.07) is 9.90. The Balaban J connectivity index is 1.85. The van der Waals surface area contributed by atoms with Crippen molar-refractivity contribution in [2.45, 2.75) is 12.3 Å². The van der Waals surface area contributed by atoms with Crippen LogP contribution in [0.25, 0.3) is 11.1 Å². The fourth-order valence-electron chi connectivity index (χ4n) is 3.49. The van der Waals surface area contributed by atoms with Gasteiger partial charge in [0.1, 0.15) is 5.82 Å². The third-order valence-corrected chi connectivity index (χ3v) is 5.95. The number of carbonyl (C=O) groups excluding carboxylic acids is 1. The largest absolute Gasteiger partial charge is 0.502 e. The first kappa shape index (κ1) is 18.3. The van der Waals surface area contributed by atoms with Gasteiger partial charge in [0, 0.05) is 33.7 Å². The maximum atomic E-state index is 14.3. The average Bonchev–Trinajstić information content (AvgIpc) is 3.11. The van der Waals surface area contributed by atoms with E-state index in [1.54, 1.807) is 30.3 Å². The number of carbonyl (C=O) groups is 1. The highest BCUT2D eigenvalue weighted by Gasteiger charge is 2.32. The van der Waals surface area contributed by atoms with Crippen LogP contribution in [-0.4, -0.2) is 25.2 Å². The summed E-state index contributed by atoms with van der Waals surface area (Å²) >= 11 is 1.47. The Bertz CT molecular complexity index is 1040. The van der Waals surface area contributed by atoms with Crippen LogP contribution in [0.15, 0.2) is 41.8 Å². The predicted molar refractivity (Wildman–Crippen MR) is 106 cm³/mol. The van der Waals surface area contributed by atoms with Crippen LogP contribution in [0, 0.1) is 5.82 Å². The van der Waals surface area contributed by atoms with Gasteiger partial charge < -0.3 is 19.9 Å². The van der Waals surface area contributed by atoms with E-state index in [0.717, 1.165) is 10.4 Å². The Hall–Kier alpha value is -3.06. The molecule has 144 valence electrons. The number of anilines is 1. The van der Waals surface area contributed by atoms with Gasteiger partial charge in [-0.15, -0.1) is 11.3 Å². The topological polar surface area (TPSA) is 67.8 Å². The minimum absolute atomic E-state index is 0.0903. The number of nitrogens with one attached hydrogen (secondary N) is 1. The van der Waals surface area contributed by atoms with Crippen LogP contribution in [0.3, 0.4) is 0 Å². The molecule has 0 fully saturated rings. The molecule has 0 saturated heterocycles. The number of hydrogen-bond donors (Lipinski definition) is 2. The maximum absolute atomic E-state index is 14.3. The summed E-state index contributed by atoms with van der Waals surface area (Å²) in [6.45, 7) is 0. The van der Waals surface area contributed by atoms with Gasteiger partial charge >= 0.3 is 0 Å². The monoisotopic (exact) mass is 399 g/mol. The highest BCUT2D eigenvalue weighted by Crippen LogP contribution is 2.49. The molecule has 28 heavy (non-hydrogen) atoms. The summed E-state index contributed by atoms with van der Waals surface area (Å²) in [5.41, 5.74) is 2.52. The molecule has 0 bridgehead atoms. The fourth-order valence-corrected chi connectivity index (χ4v) is 4.64. The van der Waals surface area contributed by atoms with Crippen molar-refractivity contribution < 1.29 is 23.8 Å². The van der Waals surface area contributed by atoms with Crippen molar-refractivity contribution in [3.8, 4) is 28.4 Å². The quantitative estimate of drug-likeness (QED) is 0.664. The van der Waals surface area contributed by atoms with Gasteiger partial charge in [0.2, 0.25) is 11.7 Å². The zero-order chi connectivity index (χ0) is 19.8. The molecule has 2 heterocycles. The molecular weight excluding hydrogens is 381 g/mol. The van der Waals surface area contributed by atoms with Crippen LogP contribution in [0.5, 0.6) is 17.2 Å². The normalized spacial score (nSPS) is 15.7. The summed E-state index contributed by atoms with van der Waals surface area (Å²) in [5, 5.41) is 14.9. The summed E-state index contributed by atoms with van der Waals surface area (Å²) in [7, 11) is 2.91. The zero-order valence-corrected chi connectivity index (χ0v) is 16.1. The summed E-state index contributed by atoms with van der Waals surface area (Å²) in [6.07, 6.45) is 0.237. The number of aromatic hydroxyl groups is 1. The number of hydrogen-bond acceptors (Lipinski definition) is 5. The number of phenolic OH excluding ortho intramolecular Hbond substituents is 1. The van der Waals surface area contributed by atoms with Gasteiger partial charge in [0.15, 0.2) is 11.5 Å². The molecule has 0 saturated carbocycles. The number of fused-ring (bicyclic) bond motifs is 1. The molecule has 1 aliphatic rings. The van der Waals surface area contributed by atoms with Crippen LogP contribution in [0.1, 0.15) is 22.8 Å². The standard InChI is InChI=1S/C21H18FNO4S/c1-26-16-7-11(8-17(27-2)20(16)25)13-9-18(24)23-19-14(10-28-21(13)19)12-5-3-4-6-15(12)22/h3-8,10,13,25H,9H2,1-2H3,(H,23,24)/t13-/m0/s1. The van der Waals surface area contributed by atoms with Crippen molar-refractivity contribution in [3.63, 3.8) is 0 Å². The summed E-state index contributed by atoms with van der Waals surface area (Å²) in [4.78, 5) is 13.4. The second-order valence-electron chi connectivity index (χ2n) is 6.45. The molecule has 0 aliphatic carbocycles. The van der Waals surface area contributed by atoms with E-state index < -0.39 is 0 Å². The van der Waals surface area contributed by atoms with Crippen LogP contribution in [0.4, 0.5) is 10.1 Å². The molecule has 3 aromatic rings. The van der Waals surface area contributed by atoms with Gasteiger partial charge in [-0.25, -0.2) is 4.39 Å². The molecule has 1 aromatic heterocycles. The SMILES string of the molecule is COc1cc([C@@H]2CC(=O)Nc3c(-c4ccccc4F)csc32)cc(OC)c1O. The lowest BCUT2D eigenvalue weighted by Gasteiger charge is -2.25. The third-order valence-electron chi connectivity index (χ3n) is 4.86. The molecule has 4 rings (SSSR count). The lowest BCUT2D eigenvalue weighted by atomic mass is 9.88. The van der Waals surface area contributed by atoms with Crippen LogP contribution in [0.2, 0.25) is 0 Å². The maximum Gasteiger partial charge on any atom is 0.225 e. The van der Waals surface area contributed by atoms with Gasteiger partial charge in [-0.3, -0.25) is 4.79 Å². The van der Waals surface area contributed by atoms with Gasteiger partial charge in [0.25, 0.3) is 0 Å². The van der Waals surface area contributed by atoms with E-state index in [-0.39, 0.29) is 41.3 Å². The number of thiophene rings is 1. The van der Waals surface area contributed by atoms with Crippen LogP contribution in [-0.2, 0) is 4.79 Å². The fraction of sp³-hybridized carbons (Fsp3) is 0.190. The van der Waals surface area contributed by atoms with Gasteiger partial charge in [0.05, 0.1) is 19.9 Å². The Morgan fingerprint density at radius 3 is 2.46 bits per heavy atom. The van der Waals surface area contributed by atoms with Crippen molar-refractivity contribution in [3.05, 3.63) is 58.0 Å². The molecule has 0 radical (unpaired) electrons. The Kier molecular flexibility index (Phi) is 4.68. The Morgan fingerprint density at radius 2 is 1.82 bits per heavy atom. The number of methoxy groups -OCH3 is 2. The first-order chi connectivity index (χ1) is 13.5. The molecular formula is C21H18FNO4S. The third kappa shape index (κ3) is 2.97. The van der Waals surface area contributed by atoms with E-state index in [1.807, 2.05) is 5.38 Å². The molecule has 7 heteroatoms. The smallest absolute Gasteiger partial charge is 0.225 e. The summed E-state index contributed by atoms with van der Waals surface area (Å²) in [5.74, 6) is -0.294. The average molecular weight is 399 g/mol. The highest BCUT2D eigenvalue weighted by atomic mass is 32.1. The summed E-state index contributed by atoms with van der Waals surface area (Å²) < 4.78 is 24.8. The van der Waals surface area contributed by atoms with E-state index in [4.69, 9.17) is 9.47 Å². The van der Waals surface area contributed by atoms with Gasteiger partial charge in [-0.2, -0.15) is 0 Å². The van der Waals surface area contributed by atoms with Crippen LogP contribution >= 0.6 is 11.3 Å². The number of amides is 1. The van der Waals surface area contributed by atoms with E-state index in [0.29, 0.717) is 16.8 Å². The first-order valence-electron chi connectivity index (χ1n) is 8.64. The number of ether oxygens (including phenoxy) is 2. The lowest BCUT2D eigenvalue weighted by Crippen LogP contribution is -2.22. The van der Waals surface area contributed by atoms with Crippen molar-refractivity contribution in [2.24, 2.45) is 0 Å². The van der Waals surface area contributed by atoms with E-state index in [9.17, 15) is 14.3 Å². The first-order valence-corrected chi connectivity index (χ1v) is 9.52. The van der Waals surface area contributed by atoms with Crippen molar-refractivity contribution in [1.29, 1.82) is 0 Å². The predicted octanol–water partition coefficient (Wildman–Crippen LogP) is 4.75. The highest BCUT2D eigenvalue weighted by molar-refractivity contribution is 7.11. The van der Waals surface area contributed by atoms with Crippen molar-refractivity contribution in [2.75, 3.05) is 19.5 Å². The molecule has 0 unspecified atom stereocenters. The Labute approximate surface area is 165 Å². The van der Waals surface area contributed by atoms with Crippen LogP contribution < -0.4 is 14.8 Å². The molecule has 1 aliphatic heterocycles. The number of halogens is 1.